The summed E-state index contributed by atoms with van der Waals surface area (Å²) >= 11 is 1.04. The summed E-state index contributed by atoms with van der Waals surface area (Å²) in [4.78, 5) is 22.4. The minimum atomic E-state index is -0.878. The van der Waals surface area contributed by atoms with Gasteiger partial charge in [-0.05, 0) is 30.0 Å². The van der Waals surface area contributed by atoms with Crippen molar-refractivity contribution in [3.05, 3.63) is 70.3 Å². The second kappa shape index (κ2) is 13.9. The van der Waals surface area contributed by atoms with Crippen LogP contribution >= 0.6 is 12.2 Å². The Hall–Kier alpha value is -2.70. The van der Waals surface area contributed by atoms with Crippen LogP contribution in [0.2, 0.25) is 0 Å². The number of aliphatic hydroxyl groups is 1. The zero-order valence-corrected chi connectivity index (χ0v) is 20.5. The first-order valence-electron chi connectivity index (χ1n) is 11.0. The van der Waals surface area contributed by atoms with Gasteiger partial charge < -0.3 is 20.3 Å². The number of benzene rings is 2. The molecule has 0 radical (unpaired) electrons. The molecule has 10 nitrogen and oxygen atoms in total. The lowest BCUT2D eigenvalue weighted by Gasteiger charge is -2.35. The molecule has 0 bridgehead atoms. The molecule has 0 aliphatic rings. The molecule has 186 valence electrons. The molecular weight excluding hydrogens is 458 g/mol. The van der Waals surface area contributed by atoms with E-state index < -0.39 is 17.1 Å². The Morgan fingerprint density at radius 2 is 1.82 bits per heavy atom. The van der Waals surface area contributed by atoms with Gasteiger partial charge in [0.1, 0.15) is 5.75 Å². The first-order valence-corrected chi connectivity index (χ1v) is 11.7. The summed E-state index contributed by atoms with van der Waals surface area (Å²) in [5.41, 5.74) is 6.46. The molecule has 1 amide bonds. The van der Waals surface area contributed by atoms with E-state index in [1.54, 1.807) is 11.5 Å². The van der Waals surface area contributed by atoms with E-state index >= 15 is 0 Å². The fraction of sp³-hybridized carbons (Fsp3) is 0.435. The van der Waals surface area contributed by atoms with Crippen molar-refractivity contribution >= 4 is 23.8 Å². The van der Waals surface area contributed by atoms with E-state index in [-0.39, 0.29) is 24.7 Å². The van der Waals surface area contributed by atoms with Crippen LogP contribution < -0.4 is 15.2 Å². The molecular formula is C23H33N5O5S. The molecule has 2 rings (SSSR count). The molecule has 0 spiro atoms. The topological polar surface area (TPSA) is 134 Å². The highest BCUT2D eigenvalue weighted by molar-refractivity contribution is 7.92. The number of nitrogens with zero attached hydrogens (tertiary/aromatic N) is 3. The Balaban J connectivity index is 2.06. The van der Waals surface area contributed by atoms with Crippen molar-refractivity contribution in [3.63, 3.8) is 0 Å². The Morgan fingerprint density at radius 1 is 1.18 bits per heavy atom. The van der Waals surface area contributed by atoms with Gasteiger partial charge in [-0.2, -0.15) is 4.41 Å². The molecule has 11 heteroatoms. The molecule has 0 aromatic heterocycles. The third-order valence-corrected chi connectivity index (χ3v) is 5.67. The lowest BCUT2D eigenvalue weighted by molar-refractivity contribution is -0.384. The molecule has 4 N–H and O–H groups in total. The normalized spacial score (nSPS) is 13.2. The van der Waals surface area contributed by atoms with Crippen LogP contribution in [0.25, 0.3) is 0 Å². The summed E-state index contributed by atoms with van der Waals surface area (Å²) in [6, 6.07) is 14.9. The highest BCUT2D eigenvalue weighted by Crippen LogP contribution is 2.23. The minimum Gasteiger partial charge on any atom is -0.409 e. The summed E-state index contributed by atoms with van der Waals surface area (Å²) in [5, 5.41) is 26.7. The van der Waals surface area contributed by atoms with Crippen molar-refractivity contribution in [2.45, 2.75) is 32.4 Å². The number of nitro benzene ring substituents is 1. The van der Waals surface area contributed by atoms with Gasteiger partial charge in [-0.3, -0.25) is 14.9 Å². The molecule has 0 heterocycles. The number of hydrogen-bond acceptors (Lipinski definition) is 9. The van der Waals surface area contributed by atoms with Crippen LogP contribution in [0.5, 0.6) is 5.75 Å². The van der Waals surface area contributed by atoms with Gasteiger partial charge in [0.05, 0.1) is 23.6 Å². The molecule has 0 fully saturated rings. The van der Waals surface area contributed by atoms with Gasteiger partial charge >= 0.3 is 0 Å². The van der Waals surface area contributed by atoms with Crippen molar-refractivity contribution in [1.82, 2.24) is 14.7 Å². The quantitative estimate of drug-likeness (QED) is 0.158. The number of non-ortho nitro benzene ring substituents is 1. The maximum atomic E-state index is 12.0. The molecule has 0 saturated heterocycles. The SMILES string of the molecule is CC(C)CN(CC(O)C(Cc1ccccc1)NC(=O)CN)N(C)SOc1ccc([N+](=O)[O-])cc1. The van der Waals surface area contributed by atoms with E-state index in [9.17, 15) is 20.0 Å². The van der Waals surface area contributed by atoms with Crippen LogP contribution in [-0.4, -0.2) is 64.2 Å². The summed E-state index contributed by atoms with van der Waals surface area (Å²) in [6.45, 7) is 4.84. The Morgan fingerprint density at radius 3 is 2.38 bits per heavy atom. The summed E-state index contributed by atoms with van der Waals surface area (Å²) in [6.07, 6.45) is -0.420. The molecule has 0 aliphatic heterocycles. The number of hydrazine groups is 1. The average molecular weight is 492 g/mol. The summed E-state index contributed by atoms with van der Waals surface area (Å²) < 4.78 is 7.45. The second-order valence-electron chi connectivity index (χ2n) is 8.27. The first kappa shape index (κ1) is 27.5. The third kappa shape index (κ3) is 9.27. The Kier molecular flexibility index (Phi) is 11.2. The van der Waals surface area contributed by atoms with Crippen LogP contribution in [0, 0.1) is 16.0 Å². The number of nitrogens with one attached hydrogen (secondary N) is 1. The van der Waals surface area contributed by atoms with E-state index in [0.717, 1.165) is 17.8 Å². The number of aliphatic hydroxyl groups excluding tert-OH is 1. The Bertz CT molecular complexity index is 900. The van der Waals surface area contributed by atoms with Gasteiger partial charge in [-0.1, -0.05) is 44.2 Å². The number of hydrogen-bond donors (Lipinski definition) is 3. The molecule has 2 aromatic carbocycles. The number of amides is 1. The van der Waals surface area contributed by atoms with Crippen LogP contribution in [0.3, 0.4) is 0 Å². The number of nitrogens with two attached hydrogens (primary N) is 1. The van der Waals surface area contributed by atoms with Crippen molar-refractivity contribution < 1.29 is 19.0 Å². The van der Waals surface area contributed by atoms with E-state index in [2.05, 4.69) is 19.2 Å². The van der Waals surface area contributed by atoms with Crippen molar-refractivity contribution in [3.8, 4) is 5.75 Å². The van der Waals surface area contributed by atoms with E-state index in [4.69, 9.17) is 9.92 Å². The summed E-state index contributed by atoms with van der Waals surface area (Å²) in [5.74, 6) is 0.421. The monoisotopic (exact) mass is 491 g/mol. The maximum Gasteiger partial charge on any atom is 0.269 e. The van der Waals surface area contributed by atoms with Gasteiger partial charge in [0.2, 0.25) is 5.91 Å². The number of nitro groups is 1. The van der Waals surface area contributed by atoms with Crippen LogP contribution in [0.15, 0.2) is 54.6 Å². The number of rotatable bonds is 14. The predicted molar refractivity (Wildman–Crippen MR) is 133 cm³/mol. The Labute approximate surface area is 204 Å². The highest BCUT2D eigenvalue weighted by Gasteiger charge is 2.26. The fourth-order valence-corrected chi connectivity index (χ4v) is 3.79. The van der Waals surface area contributed by atoms with Crippen molar-refractivity contribution in [2.75, 3.05) is 26.7 Å². The second-order valence-corrected chi connectivity index (χ2v) is 9.12. The predicted octanol–water partition coefficient (Wildman–Crippen LogP) is 2.39. The van der Waals surface area contributed by atoms with Gasteiger partial charge in [0, 0.05) is 32.3 Å². The standard InChI is InChI=1S/C23H33N5O5S/c1-17(2)15-27(26(3)34-33-20-11-9-19(10-12-20)28(31)32)16-22(29)21(25-23(30)14-24)13-18-7-5-4-6-8-18/h4-12,17,21-22,29H,13-16,24H2,1-3H3,(H,25,30). The van der Waals surface area contributed by atoms with Crippen LogP contribution in [-0.2, 0) is 11.2 Å². The number of carbonyl (C=O) groups excluding carboxylic acids is 1. The fourth-order valence-electron chi connectivity index (χ4n) is 3.25. The van der Waals surface area contributed by atoms with Crippen molar-refractivity contribution in [2.24, 2.45) is 11.7 Å². The first-order chi connectivity index (χ1) is 16.2. The van der Waals surface area contributed by atoms with Crippen molar-refractivity contribution in [1.29, 1.82) is 0 Å². The number of carbonyl (C=O) groups is 1. The maximum absolute atomic E-state index is 12.0. The molecule has 2 atom stereocenters. The average Bonchev–Trinajstić information content (AvgIpc) is 2.82. The minimum absolute atomic E-state index is 0.0146. The van der Waals surface area contributed by atoms with Gasteiger partial charge in [0.15, 0.2) is 12.2 Å². The summed E-state index contributed by atoms with van der Waals surface area (Å²) in [7, 11) is 1.80. The molecule has 0 aliphatic carbocycles. The molecule has 2 unspecified atom stereocenters. The van der Waals surface area contributed by atoms with Gasteiger partial charge in [0.25, 0.3) is 5.69 Å². The van der Waals surface area contributed by atoms with E-state index in [0.29, 0.717) is 24.6 Å². The zero-order chi connectivity index (χ0) is 25.1. The van der Waals surface area contributed by atoms with Crippen LogP contribution in [0.4, 0.5) is 5.69 Å². The largest absolute Gasteiger partial charge is 0.409 e. The lowest BCUT2D eigenvalue weighted by Crippen LogP contribution is -2.53. The lowest BCUT2D eigenvalue weighted by atomic mass is 10.0. The highest BCUT2D eigenvalue weighted by atomic mass is 32.2. The molecule has 34 heavy (non-hydrogen) atoms. The van der Waals surface area contributed by atoms with E-state index in [1.807, 2.05) is 35.3 Å². The zero-order valence-electron chi connectivity index (χ0n) is 19.7. The smallest absolute Gasteiger partial charge is 0.269 e. The van der Waals surface area contributed by atoms with Gasteiger partial charge in [-0.15, -0.1) is 0 Å². The molecule has 0 saturated carbocycles. The van der Waals surface area contributed by atoms with Gasteiger partial charge in [-0.25, -0.2) is 5.01 Å². The molecule has 2 aromatic rings. The van der Waals surface area contributed by atoms with Crippen LogP contribution in [0.1, 0.15) is 19.4 Å². The third-order valence-electron chi connectivity index (χ3n) is 4.96. The van der Waals surface area contributed by atoms with E-state index in [1.165, 1.54) is 24.3 Å².